The van der Waals surface area contributed by atoms with Crippen LogP contribution in [0.3, 0.4) is 0 Å². The molecule has 0 saturated carbocycles. The van der Waals surface area contributed by atoms with E-state index in [2.05, 4.69) is 11.4 Å². The number of ether oxygens (including phenoxy) is 1. The van der Waals surface area contributed by atoms with E-state index in [0.717, 1.165) is 28.1 Å². The molecule has 0 spiro atoms. The number of carbonyl (C=O) groups is 2. The van der Waals surface area contributed by atoms with Gasteiger partial charge >= 0.3 is 12.0 Å². The van der Waals surface area contributed by atoms with Gasteiger partial charge in [0.05, 0.1) is 28.4 Å². The van der Waals surface area contributed by atoms with Crippen molar-refractivity contribution in [1.82, 2.24) is 9.88 Å². The average Bonchev–Trinajstić information content (AvgIpc) is 3.35. The van der Waals surface area contributed by atoms with Crippen LogP contribution >= 0.6 is 11.3 Å². The van der Waals surface area contributed by atoms with Crippen LogP contribution in [0, 0.1) is 0 Å². The third kappa shape index (κ3) is 3.71. The number of amides is 2. The number of para-hydroxylation sites is 1. The Morgan fingerprint density at radius 3 is 2.75 bits per heavy atom. The number of urea groups is 1. The van der Waals surface area contributed by atoms with Crippen LogP contribution in [0.1, 0.15) is 41.2 Å². The Morgan fingerprint density at radius 1 is 1.21 bits per heavy atom. The van der Waals surface area contributed by atoms with Crippen LogP contribution in [0.2, 0.25) is 0 Å². The van der Waals surface area contributed by atoms with E-state index in [1.807, 2.05) is 23.1 Å². The molecule has 144 valence electrons. The molecule has 1 atom stereocenters. The Labute approximate surface area is 167 Å². The molecule has 1 N–H and O–H groups in total. The molecule has 0 bridgehead atoms. The summed E-state index contributed by atoms with van der Waals surface area (Å²) in [7, 11) is 0. The standard InChI is InChI=1S/C21H21N3O3S/c1-2-27-20(25)14-9-11-15(12-10-14)22-21(26)24-13-5-7-17(24)19-23-16-6-3-4-8-18(16)28-19/h3-4,6,8-12,17H,2,5,7,13H2,1H3,(H,22,26). The van der Waals surface area contributed by atoms with E-state index in [0.29, 0.717) is 24.4 Å². The summed E-state index contributed by atoms with van der Waals surface area (Å²) in [6.07, 6.45) is 1.87. The molecule has 6 nitrogen and oxygen atoms in total. The normalized spacial score (nSPS) is 16.3. The Bertz CT molecular complexity index is 967. The monoisotopic (exact) mass is 395 g/mol. The zero-order valence-electron chi connectivity index (χ0n) is 15.6. The van der Waals surface area contributed by atoms with E-state index in [9.17, 15) is 9.59 Å². The van der Waals surface area contributed by atoms with Crippen LogP contribution in [0.15, 0.2) is 48.5 Å². The lowest BCUT2D eigenvalue weighted by molar-refractivity contribution is 0.0526. The van der Waals surface area contributed by atoms with Gasteiger partial charge < -0.3 is 15.0 Å². The second-order valence-electron chi connectivity index (χ2n) is 6.60. The first-order chi connectivity index (χ1) is 13.7. The van der Waals surface area contributed by atoms with Crippen LogP contribution in [-0.4, -0.2) is 35.0 Å². The maximum atomic E-state index is 12.8. The molecule has 0 aliphatic carbocycles. The number of rotatable bonds is 4. The summed E-state index contributed by atoms with van der Waals surface area (Å²) in [5.41, 5.74) is 2.09. The SMILES string of the molecule is CCOC(=O)c1ccc(NC(=O)N2CCCC2c2nc3ccccc3s2)cc1. The highest BCUT2D eigenvalue weighted by Crippen LogP contribution is 2.36. The summed E-state index contributed by atoms with van der Waals surface area (Å²) < 4.78 is 6.12. The molecule has 7 heteroatoms. The number of carbonyl (C=O) groups excluding carboxylic acids is 2. The predicted molar refractivity (Wildman–Crippen MR) is 110 cm³/mol. The number of hydrogen-bond acceptors (Lipinski definition) is 5. The van der Waals surface area contributed by atoms with Crippen LogP contribution in [0.5, 0.6) is 0 Å². The molecule has 2 amide bonds. The lowest BCUT2D eigenvalue weighted by atomic mass is 10.2. The number of esters is 1. The van der Waals surface area contributed by atoms with Crippen molar-refractivity contribution in [3.05, 3.63) is 59.1 Å². The fourth-order valence-electron chi connectivity index (χ4n) is 3.40. The summed E-state index contributed by atoms with van der Waals surface area (Å²) in [5.74, 6) is -0.365. The molecule has 1 saturated heterocycles. The summed E-state index contributed by atoms with van der Waals surface area (Å²) in [6.45, 7) is 2.80. The van der Waals surface area contributed by atoms with Gasteiger partial charge in [-0.05, 0) is 56.2 Å². The molecule has 1 fully saturated rings. The van der Waals surface area contributed by atoms with E-state index >= 15 is 0 Å². The summed E-state index contributed by atoms with van der Waals surface area (Å²) in [6, 6.07) is 14.6. The number of nitrogens with zero attached hydrogens (tertiary/aromatic N) is 2. The van der Waals surface area contributed by atoms with Gasteiger partial charge in [0.25, 0.3) is 0 Å². The Hall–Kier alpha value is -2.93. The molecule has 1 aliphatic rings. The molecule has 2 aromatic carbocycles. The zero-order chi connectivity index (χ0) is 19.5. The van der Waals surface area contributed by atoms with Gasteiger partial charge in [-0.25, -0.2) is 14.6 Å². The number of aromatic nitrogens is 1. The van der Waals surface area contributed by atoms with Gasteiger partial charge in [0.1, 0.15) is 5.01 Å². The summed E-state index contributed by atoms with van der Waals surface area (Å²) >= 11 is 1.65. The second kappa shape index (κ2) is 7.98. The van der Waals surface area contributed by atoms with Gasteiger partial charge in [-0.2, -0.15) is 0 Å². The van der Waals surface area contributed by atoms with Gasteiger partial charge in [0.2, 0.25) is 0 Å². The molecular weight excluding hydrogens is 374 g/mol. The molecular formula is C21H21N3O3S. The van der Waals surface area contributed by atoms with Gasteiger partial charge in [-0.15, -0.1) is 11.3 Å². The van der Waals surface area contributed by atoms with E-state index in [1.54, 1.807) is 42.5 Å². The van der Waals surface area contributed by atoms with Gasteiger partial charge in [-0.1, -0.05) is 12.1 Å². The topological polar surface area (TPSA) is 71.5 Å². The Balaban J connectivity index is 1.47. The smallest absolute Gasteiger partial charge is 0.338 e. The number of thiazole rings is 1. The minimum absolute atomic E-state index is 0.00351. The predicted octanol–water partition coefficient (Wildman–Crippen LogP) is 4.84. The summed E-state index contributed by atoms with van der Waals surface area (Å²) in [4.78, 5) is 31.1. The molecule has 28 heavy (non-hydrogen) atoms. The molecule has 2 heterocycles. The first kappa shape index (κ1) is 18.4. The number of hydrogen-bond donors (Lipinski definition) is 1. The number of benzene rings is 2. The zero-order valence-corrected chi connectivity index (χ0v) is 16.4. The van der Waals surface area contributed by atoms with Crippen molar-refractivity contribution in [2.45, 2.75) is 25.8 Å². The van der Waals surface area contributed by atoms with Gasteiger partial charge in [-0.3, -0.25) is 0 Å². The largest absolute Gasteiger partial charge is 0.462 e. The first-order valence-electron chi connectivity index (χ1n) is 9.36. The van der Waals surface area contributed by atoms with Crippen molar-refractivity contribution in [3.8, 4) is 0 Å². The second-order valence-corrected chi connectivity index (χ2v) is 7.66. The molecule has 1 unspecified atom stereocenters. The third-order valence-electron chi connectivity index (χ3n) is 4.76. The minimum Gasteiger partial charge on any atom is -0.462 e. The number of nitrogens with one attached hydrogen (secondary N) is 1. The molecule has 0 radical (unpaired) electrons. The Kier molecular flexibility index (Phi) is 5.25. The number of anilines is 1. The third-order valence-corrected chi connectivity index (χ3v) is 5.89. The highest BCUT2D eigenvalue weighted by atomic mass is 32.1. The van der Waals surface area contributed by atoms with Crippen LogP contribution < -0.4 is 5.32 Å². The van der Waals surface area contributed by atoms with Crippen LogP contribution in [0.25, 0.3) is 10.2 Å². The lowest BCUT2D eigenvalue weighted by Crippen LogP contribution is -2.34. The Morgan fingerprint density at radius 2 is 2.00 bits per heavy atom. The van der Waals surface area contributed by atoms with Gasteiger partial charge in [0.15, 0.2) is 0 Å². The minimum atomic E-state index is -0.365. The number of fused-ring (bicyclic) bond motifs is 1. The average molecular weight is 395 g/mol. The molecule has 1 aromatic heterocycles. The first-order valence-corrected chi connectivity index (χ1v) is 10.2. The van der Waals surface area contributed by atoms with Crippen molar-refractivity contribution >= 4 is 39.2 Å². The molecule has 1 aliphatic heterocycles. The van der Waals surface area contributed by atoms with Crippen molar-refractivity contribution in [3.63, 3.8) is 0 Å². The highest BCUT2D eigenvalue weighted by molar-refractivity contribution is 7.18. The van der Waals surface area contributed by atoms with E-state index < -0.39 is 0 Å². The maximum absolute atomic E-state index is 12.8. The number of likely N-dealkylation sites (tertiary alicyclic amines) is 1. The summed E-state index contributed by atoms with van der Waals surface area (Å²) in [5, 5.41) is 3.91. The lowest BCUT2D eigenvalue weighted by Gasteiger charge is -2.23. The molecule has 3 aromatic rings. The molecule has 4 rings (SSSR count). The van der Waals surface area contributed by atoms with E-state index in [-0.39, 0.29) is 18.0 Å². The van der Waals surface area contributed by atoms with Crippen molar-refractivity contribution in [2.24, 2.45) is 0 Å². The fourth-order valence-corrected chi connectivity index (χ4v) is 4.51. The van der Waals surface area contributed by atoms with E-state index in [4.69, 9.17) is 9.72 Å². The van der Waals surface area contributed by atoms with Crippen LogP contribution in [-0.2, 0) is 4.74 Å². The fraction of sp³-hybridized carbons (Fsp3) is 0.286. The highest BCUT2D eigenvalue weighted by Gasteiger charge is 2.32. The van der Waals surface area contributed by atoms with Crippen molar-refractivity contribution in [1.29, 1.82) is 0 Å². The van der Waals surface area contributed by atoms with Crippen molar-refractivity contribution in [2.75, 3.05) is 18.5 Å². The van der Waals surface area contributed by atoms with E-state index in [1.165, 1.54) is 0 Å². The maximum Gasteiger partial charge on any atom is 0.338 e. The van der Waals surface area contributed by atoms with Crippen molar-refractivity contribution < 1.29 is 14.3 Å². The van der Waals surface area contributed by atoms with Gasteiger partial charge in [0, 0.05) is 12.2 Å². The van der Waals surface area contributed by atoms with Crippen LogP contribution in [0.4, 0.5) is 10.5 Å². The quantitative estimate of drug-likeness (QED) is 0.642.